The third kappa shape index (κ3) is 6.88. The van der Waals surface area contributed by atoms with Gasteiger partial charge in [-0.05, 0) is 42.5 Å². The standard InChI is InChI=1S/C30H26B3N7O4S/c1-44-25-19(28-34-14-22(45-28)29(43)40-12-11-16-5-2-3-6-18(16)15-40)7-4-8-20(25)35-21-13-23(36-26(41)17-9-10-17)38-39-24(21)27(42)37-30(31,32)33/h2-8,13-14,17H,9-12,15H2,1H3,(H,37,42)(H2,35,36,38,41). The molecular formula is C30H26B3N7O4S. The molecule has 1 saturated carbocycles. The van der Waals surface area contributed by atoms with Gasteiger partial charge in [0, 0.05) is 25.1 Å². The van der Waals surface area contributed by atoms with Gasteiger partial charge in [-0.15, -0.1) is 21.5 Å². The first-order valence-corrected chi connectivity index (χ1v) is 15.1. The number of hydrogen-bond donors (Lipinski definition) is 3. The summed E-state index contributed by atoms with van der Waals surface area (Å²) in [7, 11) is 18.2. The second kappa shape index (κ2) is 12.4. The molecule has 1 aliphatic carbocycles. The van der Waals surface area contributed by atoms with E-state index in [9.17, 15) is 14.4 Å². The molecule has 0 bridgehead atoms. The number of carbonyl (C=O) groups is 3. The summed E-state index contributed by atoms with van der Waals surface area (Å²) in [6.45, 7) is 1.17. The van der Waals surface area contributed by atoms with Crippen molar-refractivity contribution in [3.8, 4) is 16.3 Å². The van der Waals surface area contributed by atoms with Crippen LogP contribution in [0.2, 0.25) is 0 Å². The number of benzene rings is 2. The molecule has 0 atom stereocenters. The lowest BCUT2D eigenvalue weighted by molar-refractivity contribution is -0.117. The summed E-state index contributed by atoms with van der Waals surface area (Å²) < 4.78 is 5.79. The summed E-state index contributed by atoms with van der Waals surface area (Å²) in [6, 6.07) is 14.9. The molecule has 4 aromatic rings. The summed E-state index contributed by atoms with van der Waals surface area (Å²) in [5.74, 6) is -0.595. The van der Waals surface area contributed by atoms with E-state index in [4.69, 9.17) is 28.3 Å². The lowest BCUT2D eigenvalue weighted by Crippen LogP contribution is -2.50. The van der Waals surface area contributed by atoms with Crippen molar-refractivity contribution in [2.45, 2.75) is 31.0 Å². The fourth-order valence-electron chi connectivity index (χ4n) is 5.04. The van der Waals surface area contributed by atoms with Gasteiger partial charge in [0.25, 0.3) is 11.8 Å². The summed E-state index contributed by atoms with van der Waals surface area (Å²) in [5, 5.41) is 14.7. The zero-order chi connectivity index (χ0) is 31.7. The zero-order valence-corrected chi connectivity index (χ0v) is 25.2. The van der Waals surface area contributed by atoms with Crippen molar-refractivity contribution in [1.82, 2.24) is 25.4 Å². The van der Waals surface area contributed by atoms with Crippen LogP contribution in [0.1, 0.15) is 44.1 Å². The molecule has 1 fully saturated rings. The largest absolute Gasteiger partial charge is 0.494 e. The van der Waals surface area contributed by atoms with Crippen LogP contribution in [-0.2, 0) is 17.8 Å². The molecule has 0 saturated heterocycles. The smallest absolute Gasteiger partial charge is 0.272 e. The van der Waals surface area contributed by atoms with Gasteiger partial charge in [0.2, 0.25) is 5.91 Å². The summed E-state index contributed by atoms with van der Waals surface area (Å²) in [6.07, 6.45) is 3.98. The number of aromatic nitrogens is 3. The quantitative estimate of drug-likeness (QED) is 0.245. The second-order valence-corrected chi connectivity index (χ2v) is 12.0. The van der Waals surface area contributed by atoms with E-state index in [0.29, 0.717) is 40.0 Å². The van der Waals surface area contributed by atoms with Crippen LogP contribution in [0.4, 0.5) is 17.2 Å². The minimum Gasteiger partial charge on any atom is -0.494 e. The Balaban J connectivity index is 1.28. The first-order chi connectivity index (χ1) is 21.6. The average Bonchev–Trinajstić information content (AvgIpc) is 3.76. The maximum atomic E-state index is 13.4. The highest BCUT2D eigenvalue weighted by atomic mass is 32.1. The van der Waals surface area contributed by atoms with Crippen LogP contribution in [0.5, 0.6) is 5.75 Å². The number of thiazole rings is 1. The van der Waals surface area contributed by atoms with Crippen LogP contribution in [-0.4, -0.2) is 80.2 Å². The molecule has 3 N–H and O–H groups in total. The van der Waals surface area contributed by atoms with E-state index < -0.39 is 11.1 Å². The second-order valence-electron chi connectivity index (χ2n) is 10.9. The molecule has 6 rings (SSSR count). The van der Waals surface area contributed by atoms with Crippen molar-refractivity contribution in [3.05, 3.63) is 76.4 Å². The molecule has 1 aliphatic heterocycles. The monoisotopic (exact) mass is 613 g/mol. The normalized spacial score (nSPS) is 14.3. The molecule has 0 unspecified atom stereocenters. The lowest BCUT2D eigenvalue weighted by atomic mass is 9.49. The number of anilines is 3. The fraction of sp³-hybridized carbons (Fsp3) is 0.267. The van der Waals surface area contributed by atoms with Crippen molar-refractivity contribution >= 4 is 69.8 Å². The van der Waals surface area contributed by atoms with E-state index in [1.807, 2.05) is 29.2 Å². The van der Waals surface area contributed by atoms with Gasteiger partial charge in [-0.2, -0.15) is 0 Å². The molecule has 11 nitrogen and oxygen atoms in total. The van der Waals surface area contributed by atoms with E-state index in [1.165, 1.54) is 30.1 Å². The van der Waals surface area contributed by atoms with Gasteiger partial charge in [0.1, 0.15) is 9.88 Å². The molecule has 2 aliphatic rings. The van der Waals surface area contributed by atoms with Crippen LogP contribution in [0.3, 0.4) is 0 Å². The van der Waals surface area contributed by atoms with Crippen molar-refractivity contribution in [2.24, 2.45) is 5.92 Å². The summed E-state index contributed by atoms with van der Waals surface area (Å²) in [4.78, 5) is 45.7. The number of ether oxygens (including phenoxy) is 1. The molecular weight excluding hydrogens is 587 g/mol. The first kappa shape index (κ1) is 30.4. The lowest BCUT2D eigenvalue weighted by Gasteiger charge is -2.28. The van der Waals surface area contributed by atoms with Gasteiger partial charge in [-0.3, -0.25) is 14.4 Å². The minimum atomic E-state index is -2.01. The number of para-hydroxylation sites is 1. The van der Waals surface area contributed by atoms with Gasteiger partial charge in [-0.25, -0.2) is 4.98 Å². The highest BCUT2D eigenvalue weighted by molar-refractivity contribution is 7.17. The van der Waals surface area contributed by atoms with Crippen LogP contribution >= 0.6 is 11.3 Å². The Morgan fingerprint density at radius 1 is 1.02 bits per heavy atom. The van der Waals surface area contributed by atoms with Gasteiger partial charge < -0.3 is 25.6 Å². The number of fused-ring (bicyclic) bond motifs is 1. The predicted octanol–water partition coefficient (Wildman–Crippen LogP) is 2.75. The maximum absolute atomic E-state index is 13.4. The third-order valence-corrected chi connectivity index (χ3v) is 8.41. The van der Waals surface area contributed by atoms with Crippen molar-refractivity contribution in [1.29, 1.82) is 0 Å². The number of carbonyl (C=O) groups excluding carboxylic acids is 3. The minimum absolute atomic E-state index is 0.0731. The molecule has 45 heavy (non-hydrogen) atoms. The maximum Gasteiger partial charge on any atom is 0.272 e. The Morgan fingerprint density at radius 2 is 1.80 bits per heavy atom. The van der Waals surface area contributed by atoms with Crippen LogP contribution in [0.15, 0.2) is 54.7 Å². The van der Waals surface area contributed by atoms with Crippen molar-refractivity contribution < 1.29 is 19.1 Å². The van der Waals surface area contributed by atoms with Crippen LogP contribution in [0, 0.1) is 5.92 Å². The summed E-state index contributed by atoms with van der Waals surface area (Å²) >= 11 is 1.26. The topological polar surface area (TPSA) is 138 Å². The molecule has 3 heterocycles. The van der Waals surface area contributed by atoms with Gasteiger partial charge in [0.05, 0.1) is 53.8 Å². The van der Waals surface area contributed by atoms with E-state index in [1.54, 1.807) is 18.3 Å². The van der Waals surface area contributed by atoms with Gasteiger partial charge in [-0.1, -0.05) is 35.6 Å². The molecule has 0 spiro atoms. The Kier molecular flexibility index (Phi) is 8.37. The van der Waals surface area contributed by atoms with Crippen molar-refractivity contribution in [2.75, 3.05) is 24.3 Å². The molecule has 2 aromatic heterocycles. The molecule has 2 aromatic carbocycles. The molecule has 6 radical (unpaired) electrons. The van der Waals surface area contributed by atoms with Crippen LogP contribution < -0.4 is 20.7 Å². The van der Waals surface area contributed by atoms with E-state index in [0.717, 1.165) is 24.8 Å². The number of rotatable bonds is 9. The van der Waals surface area contributed by atoms with E-state index in [2.05, 4.69) is 37.2 Å². The van der Waals surface area contributed by atoms with E-state index in [-0.39, 0.29) is 34.9 Å². The van der Waals surface area contributed by atoms with Crippen molar-refractivity contribution in [3.63, 3.8) is 0 Å². The Labute approximate surface area is 267 Å². The molecule has 15 heteroatoms. The first-order valence-electron chi connectivity index (χ1n) is 14.2. The van der Waals surface area contributed by atoms with Gasteiger partial charge in [0.15, 0.2) is 17.3 Å². The number of nitrogens with zero attached hydrogens (tertiary/aromatic N) is 4. The molecule has 3 amide bonds. The predicted molar refractivity (Wildman–Crippen MR) is 173 cm³/mol. The zero-order valence-electron chi connectivity index (χ0n) is 24.4. The Morgan fingerprint density at radius 3 is 2.53 bits per heavy atom. The fourth-order valence-corrected chi connectivity index (χ4v) is 5.94. The number of hydrogen-bond acceptors (Lipinski definition) is 9. The van der Waals surface area contributed by atoms with Crippen LogP contribution in [0.25, 0.3) is 10.6 Å². The third-order valence-electron chi connectivity index (χ3n) is 7.39. The Hall–Kier alpha value is -4.65. The highest BCUT2D eigenvalue weighted by Crippen LogP contribution is 2.40. The molecule has 220 valence electrons. The number of amides is 3. The SMILES string of the molecule is [B]C([B])([B])NC(=O)c1nnc(NC(=O)C2CC2)cc1Nc1cccc(-c2ncc(C(=O)N3CCc4ccccc4C3)s2)c1OC. The average molecular weight is 613 g/mol. The highest BCUT2D eigenvalue weighted by Gasteiger charge is 2.30. The summed E-state index contributed by atoms with van der Waals surface area (Å²) in [5.41, 5.74) is 3.47. The van der Waals surface area contributed by atoms with Gasteiger partial charge >= 0.3 is 0 Å². The van der Waals surface area contributed by atoms with E-state index >= 15 is 0 Å². The number of methoxy groups -OCH3 is 1. The Bertz CT molecular complexity index is 1790. The number of nitrogens with one attached hydrogen (secondary N) is 3.